The maximum atomic E-state index is 8.97. The van der Waals surface area contributed by atoms with E-state index in [1.807, 2.05) is 0 Å². The predicted octanol–water partition coefficient (Wildman–Crippen LogP) is 0.290. The second-order valence-electron chi connectivity index (χ2n) is 0.131. The average Bonchev–Trinajstić information content (AvgIpc) is 1.37. The van der Waals surface area contributed by atoms with Crippen LogP contribution in [0.3, 0.4) is 0 Å². The molecule has 24 valence electrons. The molecular weight excluding hydrogens is 256 g/mol. The molecule has 4 heavy (non-hydrogen) atoms. The van der Waals surface area contributed by atoms with E-state index in [1.54, 1.807) is 4.39 Å². The zero-order chi connectivity index (χ0) is 3.41. The first-order valence-corrected chi connectivity index (χ1v) is 4.66. The Morgan fingerprint density at radius 1 is 2.00 bits per heavy atom. The molecule has 1 nitrogen and oxygen atoms in total. The van der Waals surface area contributed by atoms with Gasteiger partial charge in [0.2, 0.25) is 0 Å². The van der Waals surface area contributed by atoms with E-state index in [-0.39, 0.29) is 0 Å². The first kappa shape index (κ1) is 4.52. The molecule has 0 N–H and O–H groups in total. The summed E-state index contributed by atoms with van der Waals surface area (Å²) in [6.45, 7) is 0. The maximum absolute atomic E-state index is 8.97. The fourth-order valence-corrected chi connectivity index (χ4v) is 0. The molecule has 0 heterocycles. The van der Waals surface area contributed by atoms with Crippen molar-refractivity contribution in [1.82, 2.24) is 0 Å². The number of carbonyl (C=O) groups excluding carboxylic acids is 1. The van der Waals surface area contributed by atoms with Crippen LogP contribution in [0.4, 0.5) is 0 Å². The summed E-state index contributed by atoms with van der Waals surface area (Å²) in [6, 6.07) is 0. The SMILES string of the molecule is O=[C]=[Ir+2][Cl]. The van der Waals surface area contributed by atoms with E-state index in [9.17, 15) is 0 Å². The van der Waals surface area contributed by atoms with Crippen LogP contribution >= 0.6 is 9.58 Å². The Bertz CT molecular complexity index is 46.0. The average molecular weight is 256 g/mol. The second-order valence-corrected chi connectivity index (χ2v) is 2.10. The van der Waals surface area contributed by atoms with Crippen molar-refractivity contribution in [2.45, 2.75) is 0 Å². The third-order valence-electron chi connectivity index (χ3n) is 0.0257. The van der Waals surface area contributed by atoms with Gasteiger partial charge in [-0.05, 0) is 0 Å². The summed E-state index contributed by atoms with van der Waals surface area (Å²) in [7, 11) is 4.89. The van der Waals surface area contributed by atoms with E-state index in [0.29, 0.717) is 0 Å². The Hall–Kier alpha value is 0.519. The van der Waals surface area contributed by atoms with Crippen LogP contribution in [0, 0.1) is 0 Å². The van der Waals surface area contributed by atoms with Crippen molar-refractivity contribution in [2.24, 2.45) is 0 Å². The van der Waals surface area contributed by atoms with E-state index in [0.717, 1.165) is 0 Å². The van der Waals surface area contributed by atoms with Crippen LogP contribution in [0.25, 0.3) is 0 Å². The molecule has 0 aromatic heterocycles. The van der Waals surface area contributed by atoms with E-state index in [4.69, 9.17) is 14.4 Å². The first-order chi connectivity index (χ1) is 1.91. The number of hydrogen-bond acceptors (Lipinski definition) is 1. The van der Waals surface area contributed by atoms with Gasteiger partial charge in [0.25, 0.3) is 0 Å². The molecule has 0 atom stereocenters. The van der Waals surface area contributed by atoms with Crippen LogP contribution in [-0.4, -0.2) is 4.39 Å². The first-order valence-electron chi connectivity index (χ1n) is 0.497. The van der Waals surface area contributed by atoms with Gasteiger partial charge in [-0.1, -0.05) is 0 Å². The van der Waals surface area contributed by atoms with E-state index >= 15 is 0 Å². The van der Waals surface area contributed by atoms with Crippen molar-refractivity contribution in [2.75, 3.05) is 0 Å². The quantitative estimate of drug-likeness (QED) is 0.608. The molecule has 0 aromatic carbocycles. The van der Waals surface area contributed by atoms with E-state index in [1.165, 1.54) is 0 Å². The van der Waals surface area contributed by atoms with Gasteiger partial charge in [-0.15, -0.1) is 0 Å². The van der Waals surface area contributed by atoms with E-state index in [2.05, 4.69) is 0 Å². The van der Waals surface area contributed by atoms with Crippen molar-refractivity contribution >= 4 is 14.0 Å². The predicted molar refractivity (Wildman–Crippen MR) is 11.5 cm³/mol. The van der Waals surface area contributed by atoms with Gasteiger partial charge in [-0.2, -0.15) is 0 Å². The van der Waals surface area contributed by atoms with E-state index < -0.39 is 16.2 Å². The third kappa shape index (κ3) is 2.52. The molecule has 0 radical (unpaired) electrons. The van der Waals surface area contributed by atoms with Gasteiger partial charge < -0.3 is 0 Å². The van der Waals surface area contributed by atoms with Crippen molar-refractivity contribution in [3.8, 4) is 0 Å². The van der Waals surface area contributed by atoms with Crippen LogP contribution < -0.4 is 0 Å². The van der Waals surface area contributed by atoms with Gasteiger partial charge in [-0.3, -0.25) is 0 Å². The summed E-state index contributed by atoms with van der Waals surface area (Å²) in [6.07, 6.45) is 0. The molecular formula is CClIrO+2. The normalized spacial score (nSPS) is 5.25. The second kappa shape index (κ2) is 3.52. The van der Waals surface area contributed by atoms with Gasteiger partial charge >= 0.3 is 35.0 Å². The summed E-state index contributed by atoms with van der Waals surface area (Å²) < 4.78 is 1.57. The van der Waals surface area contributed by atoms with Crippen LogP contribution in [0.1, 0.15) is 0 Å². The minimum absolute atomic E-state index is 0.819. The zero-order valence-corrected chi connectivity index (χ0v) is 4.77. The van der Waals surface area contributed by atoms with Crippen molar-refractivity contribution in [3.63, 3.8) is 0 Å². The number of rotatable bonds is 0. The third-order valence-corrected chi connectivity index (χ3v) is 0.632. The molecule has 0 rings (SSSR count). The Morgan fingerprint density at radius 2 is 2.25 bits per heavy atom. The topological polar surface area (TPSA) is 17.1 Å². The Labute approximate surface area is 35.4 Å². The zero-order valence-electron chi connectivity index (χ0n) is 1.62. The summed E-state index contributed by atoms with van der Waals surface area (Å²) >= 11 is -0.819. The van der Waals surface area contributed by atoms with Crippen LogP contribution in [0.15, 0.2) is 0 Å². The summed E-state index contributed by atoms with van der Waals surface area (Å²) in [4.78, 5) is 8.97. The van der Waals surface area contributed by atoms with Crippen LogP contribution in [0.5, 0.6) is 0 Å². The molecule has 0 saturated carbocycles. The number of halogens is 1. The van der Waals surface area contributed by atoms with Crippen LogP contribution in [0.2, 0.25) is 0 Å². The molecule has 3 heteroatoms. The molecule has 0 spiro atoms. The minimum atomic E-state index is -0.819. The van der Waals surface area contributed by atoms with Crippen LogP contribution in [-0.2, 0) is 21.0 Å². The number of hydrogen-bond donors (Lipinski definition) is 0. The fourth-order valence-electron chi connectivity index (χ4n) is 0. The standard InChI is InChI=1S/CO.ClH.Ir/c1-2;;/h;1H;/q;;+3/p-1. The molecule has 0 fully saturated rings. The van der Waals surface area contributed by atoms with Gasteiger partial charge in [0.1, 0.15) is 0 Å². The summed E-state index contributed by atoms with van der Waals surface area (Å²) in [5, 5.41) is 0. The fraction of sp³-hybridized carbons (Fsp3) is 0. The molecule has 0 aliphatic heterocycles. The van der Waals surface area contributed by atoms with Gasteiger partial charge in [-0.25, -0.2) is 0 Å². The van der Waals surface area contributed by atoms with Crippen molar-refractivity contribution in [1.29, 1.82) is 0 Å². The molecule has 0 aromatic rings. The molecule has 0 unspecified atom stereocenters. The summed E-state index contributed by atoms with van der Waals surface area (Å²) in [5.41, 5.74) is 0. The molecule has 0 amide bonds. The molecule has 0 aliphatic rings. The monoisotopic (exact) mass is 256 g/mol. The van der Waals surface area contributed by atoms with Gasteiger partial charge in [0.15, 0.2) is 0 Å². The van der Waals surface area contributed by atoms with Gasteiger partial charge in [0.05, 0.1) is 0 Å². The Morgan fingerprint density at radius 3 is 2.25 bits per heavy atom. The Balaban J connectivity index is 3.11. The van der Waals surface area contributed by atoms with Gasteiger partial charge in [0, 0.05) is 0 Å². The Kier molecular flexibility index (Phi) is 3.98. The van der Waals surface area contributed by atoms with Crippen molar-refractivity contribution < 1.29 is 21.0 Å². The molecule has 0 bridgehead atoms. The molecule has 0 saturated heterocycles. The van der Waals surface area contributed by atoms with Crippen molar-refractivity contribution in [3.05, 3.63) is 0 Å². The molecule has 0 aliphatic carbocycles. The summed E-state index contributed by atoms with van der Waals surface area (Å²) in [5.74, 6) is 0.